The van der Waals surface area contributed by atoms with E-state index in [0.29, 0.717) is 20.8 Å². The average Bonchev–Trinajstić information content (AvgIpc) is 3.32. The number of thiazole rings is 1. The van der Waals surface area contributed by atoms with E-state index in [4.69, 9.17) is 11.6 Å². The number of anilines is 1. The fourth-order valence-corrected chi connectivity index (χ4v) is 4.89. The van der Waals surface area contributed by atoms with Gasteiger partial charge in [-0.3, -0.25) is 14.5 Å². The average molecular weight is 483 g/mol. The maximum atomic E-state index is 13.7. The lowest BCUT2D eigenvalue weighted by Crippen LogP contribution is -2.29. The maximum absolute atomic E-state index is 13.7. The topological polar surface area (TPSA) is 70.5 Å². The monoisotopic (exact) mass is 482 g/mol. The lowest BCUT2D eigenvalue weighted by molar-refractivity contribution is -0.132. The van der Waals surface area contributed by atoms with Crippen LogP contribution in [0.25, 0.3) is 16.0 Å². The number of Topliss-reactive ketones (excluding diaryl/α,β-unsaturated/α-hetero) is 1. The van der Waals surface area contributed by atoms with Crippen LogP contribution in [0.15, 0.2) is 72.3 Å². The van der Waals surface area contributed by atoms with Crippen molar-refractivity contribution in [2.75, 3.05) is 4.90 Å². The minimum absolute atomic E-state index is 0.167. The molecular formula is C24H13ClF2N2O3S. The van der Waals surface area contributed by atoms with Crippen molar-refractivity contribution < 1.29 is 23.5 Å². The van der Waals surface area contributed by atoms with Gasteiger partial charge >= 0.3 is 5.91 Å². The molecule has 0 aliphatic carbocycles. The zero-order valence-corrected chi connectivity index (χ0v) is 18.2. The molecule has 0 spiro atoms. The number of amides is 1. The number of rotatable bonds is 3. The smallest absolute Gasteiger partial charge is 0.301 e. The molecule has 1 aliphatic rings. The van der Waals surface area contributed by atoms with Crippen molar-refractivity contribution >= 4 is 55.7 Å². The summed E-state index contributed by atoms with van der Waals surface area (Å²) in [4.78, 5) is 31.8. The number of benzene rings is 3. The molecule has 1 amide bonds. The molecule has 1 aromatic heterocycles. The van der Waals surface area contributed by atoms with Gasteiger partial charge in [0, 0.05) is 10.6 Å². The number of aliphatic hydroxyl groups excluding tert-OH is 1. The summed E-state index contributed by atoms with van der Waals surface area (Å²) in [5.41, 5.74) is 0.985. The van der Waals surface area contributed by atoms with Gasteiger partial charge in [0.2, 0.25) is 0 Å². The molecule has 0 unspecified atom stereocenters. The van der Waals surface area contributed by atoms with Crippen LogP contribution < -0.4 is 4.90 Å². The first-order valence-electron chi connectivity index (χ1n) is 9.72. The molecule has 1 atom stereocenters. The van der Waals surface area contributed by atoms with Gasteiger partial charge in [0.1, 0.15) is 17.4 Å². The Morgan fingerprint density at radius 3 is 2.33 bits per heavy atom. The number of halogens is 3. The molecule has 3 aromatic carbocycles. The predicted molar refractivity (Wildman–Crippen MR) is 122 cm³/mol. The normalized spacial score (nSPS) is 17.8. The van der Waals surface area contributed by atoms with E-state index in [1.807, 2.05) is 0 Å². The van der Waals surface area contributed by atoms with Crippen molar-refractivity contribution in [1.29, 1.82) is 0 Å². The van der Waals surface area contributed by atoms with Crippen LogP contribution >= 0.6 is 22.9 Å². The number of carbonyl (C=O) groups is 2. The molecule has 5 nitrogen and oxygen atoms in total. The molecule has 4 aromatic rings. The summed E-state index contributed by atoms with van der Waals surface area (Å²) in [5, 5.41) is 11.6. The first kappa shape index (κ1) is 21.2. The molecule has 9 heteroatoms. The number of aromatic nitrogens is 1. The first-order chi connectivity index (χ1) is 15.8. The third-order valence-electron chi connectivity index (χ3n) is 5.29. The number of fused-ring (bicyclic) bond motifs is 1. The summed E-state index contributed by atoms with van der Waals surface area (Å²) in [7, 11) is 0. The summed E-state index contributed by atoms with van der Waals surface area (Å²) in [5.74, 6) is -3.21. The van der Waals surface area contributed by atoms with Crippen molar-refractivity contribution in [3.63, 3.8) is 0 Å². The number of nitrogens with zero attached hydrogens (tertiary/aromatic N) is 2. The van der Waals surface area contributed by atoms with Gasteiger partial charge < -0.3 is 5.11 Å². The Kier molecular flexibility index (Phi) is 5.19. The summed E-state index contributed by atoms with van der Waals surface area (Å²) < 4.78 is 27.6. The van der Waals surface area contributed by atoms with Crippen LogP contribution in [0.4, 0.5) is 13.9 Å². The van der Waals surface area contributed by atoms with Crippen LogP contribution in [0, 0.1) is 11.6 Å². The molecule has 5 rings (SSSR count). The molecule has 0 saturated carbocycles. The number of aliphatic hydroxyl groups is 1. The van der Waals surface area contributed by atoms with E-state index in [0.717, 1.165) is 23.5 Å². The summed E-state index contributed by atoms with van der Waals surface area (Å²) >= 11 is 7.07. The predicted octanol–water partition coefficient (Wildman–Crippen LogP) is 5.85. The molecular weight excluding hydrogens is 470 g/mol. The number of hydrogen-bond donors (Lipinski definition) is 1. The van der Waals surface area contributed by atoms with Crippen LogP contribution in [0.1, 0.15) is 17.2 Å². The van der Waals surface area contributed by atoms with Gasteiger partial charge in [0.05, 0.1) is 21.8 Å². The highest BCUT2D eigenvalue weighted by Gasteiger charge is 2.48. The third kappa shape index (κ3) is 3.67. The van der Waals surface area contributed by atoms with Gasteiger partial charge in [-0.1, -0.05) is 35.1 Å². The molecule has 2 heterocycles. The van der Waals surface area contributed by atoms with Crippen LogP contribution in [0.5, 0.6) is 0 Å². The van der Waals surface area contributed by atoms with E-state index in [9.17, 15) is 23.5 Å². The second kappa shape index (κ2) is 8.06. The van der Waals surface area contributed by atoms with E-state index in [2.05, 4.69) is 4.98 Å². The third-order valence-corrected chi connectivity index (χ3v) is 6.56. The fourth-order valence-electron chi connectivity index (χ4n) is 3.74. The van der Waals surface area contributed by atoms with Crippen LogP contribution in [0.3, 0.4) is 0 Å². The summed E-state index contributed by atoms with van der Waals surface area (Å²) in [6.45, 7) is 0. The number of hydrogen-bond acceptors (Lipinski definition) is 5. The number of carbonyl (C=O) groups excluding carboxylic acids is 2. The Hall–Kier alpha value is -3.62. The van der Waals surface area contributed by atoms with Gasteiger partial charge in [-0.25, -0.2) is 13.8 Å². The molecule has 1 aliphatic heterocycles. The van der Waals surface area contributed by atoms with E-state index in [1.54, 1.807) is 24.3 Å². The van der Waals surface area contributed by atoms with Crippen molar-refractivity contribution in [3.05, 3.63) is 100 Å². The zero-order valence-electron chi connectivity index (χ0n) is 16.6. The minimum atomic E-state index is -1.02. The molecule has 33 heavy (non-hydrogen) atoms. The summed E-state index contributed by atoms with van der Waals surface area (Å²) in [6.07, 6.45) is 0. The first-order valence-corrected chi connectivity index (χ1v) is 10.9. The Morgan fingerprint density at radius 1 is 0.970 bits per heavy atom. The fraction of sp³-hybridized carbons (Fsp3) is 0.0417. The highest BCUT2D eigenvalue weighted by Crippen LogP contribution is 2.44. The highest BCUT2D eigenvalue weighted by atomic mass is 35.5. The Morgan fingerprint density at radius 2 is 1.64 bits per heavy atom. The Bertz CT molecular complexity index is 1450. The molecule has 0 bridgehead atoms. The zero-order chi connectivity index (χ0) is 23.3. The molecule has 164 valence electrons. The Labute approximate surface area is 195 Å². The maximum Gasteiger partial charge on any atom is 0.301 e. The van der Waals surface area contributed by atoms with Crippen molar-refractivity contribution in [2.45, 2.75) is 6.04 Å². The molecule has 1 N–H and O–H groups in total. The van der Waals surface area contributed by atoms with E-state index >= 15 is 0 Å². The lowest BCUT2D eigenvalue weighted by atomic mass is 9.95. The van der Waals surface area contributed by atoms with Gasteiger partial charge in [-0.2, -0.15) is 0 Å². The Balaban J connectivity index is 1.73. The minimum Gasteiger partial charge on any atom is -0.507 e. The lowest BCUT2D eigenvalue weighted by Gasteiger charge is -2.23. The molecule has 0 radical (unpaired) electrons. The van der Waals surface area contributed by atoms with Crippen molar-refractivity contribution in [1.82, 2.24) is 4.98 Å². The van der Waals surface area contributed by atoms with Crippen molar-refractivity contribution in [3.8, 4) is 0 Å². The van der Waals surface area contributed by atoms with Crippen molar-refractivity contribution in [2.24, 2.45) is 0 Å². The van der Waals surface area contributed by atoms with E-state index in [-0.39, 0.29) is 16.3 Å². The van der Waals surface area contributed by atoms with Gasteiger partial charge in [0.15, 0.2) is 5.13 Å². The second-order valence-corrected chi connectivity index (χ2v) is 8.78. The van der Waals surface area contributed by atoms with E-state index < -0.39 is 35.1 Å². The van der Waals surface area contributed by atoms with Crippen LogP contribution in [0.2, 0.25) is 5.02 Å². The molecule has 1 fully saturated rings. The van der Waals surface area contributed by atoms with Crippen LogP contribution in [-0.4, -0.2) is 21.8 Å². The summed E-state index contributed by atoms with van der Waals surface area (Å²) in [6, 6.07) is 14.4. The highest BCUT2D eigenvalue weighted by molar-refractivity contribution is 7.22. The quantitative estimate of drug-likeness (QED) is 0.226. The van der Waals surface area contributed by atoms with Crippen LogP contribution in [-0.2, 0) is 9.59 Å². The molecule has 1 saturated heterocycles. The SMILES string of the molecule is O=C1C(=O)N(c2nc3ccc(F)cc3s2)[C@H](c2ccc(Cl)cc2)C1=C(O)c1ccc(F)cc1. The standard InChI is InChI=1S/C24H13ClF2N2O3S/c25-14-5-1-12(2-6-14)20-19(21(30)13-3-7-15(26)8-4-13)22(31)23(32)29(20)24-28-17-10-9-16(27)11-18(17)33-24/h1-11,20,30H/t20-/m1/s1. The van der Waals surface area contributed by atoms with Gasteiger partial charge in [0.25, 0.3) is 5.78 Å². The largest absolute Gasteiger partial charge is 0.507 e. The number of ketones is 1. The van der Waals surface area contributed by atoms with Gasteiger partial charge in [-0.15, -0.1) is 0 Å². The second-order valence-electron chi connectivity index (χ2n) is 7.34. The van der Waals surface area contributed by atoms with E-state index in [1.165, 1.54) is 35.2 Å². The van der Waals surface area contributed by atoms with Gasteiger partial charge in [-0.05, 0) is 60.2 Å².